The number of aryl methyl sites for hydroxylation is 1. The van der Waals surface area contributed by atoms with Gasteiger partial charge in [-0.25, -0.2) is 4.39 Å². The van der Waals surface area contributed by atoms with E-state index >= 15 is 0 Å². The van der Waals surface area contributed by atoms with Gasteiger partial charge in [0, 0.05) is 17.5 Å². The number of hydrogen-bond acceptors (Lipinski definition) is 3. The molecule has 1 atom stereocenters. The van der Waals surface area contributed by atoms with Crippen molar-refractivity contribution in [2.75, 3.05) is 0 Å². The number of fused-ring (bicyclic) bond motifs is 3. The van der Waals surface area contributed by atoms with E-state index in [2.05, 4.69) is 18.3 Å². The van der Waals surface area contributed by atoms with E-state index in [1.54, 1.807) is 28.4 Å². The van der Waals surface area contributed by atoms with Gasteiger partial charge in [0.05, 0.1) is 16.8 Å². The van der Waals surface area contributed by atoms with Gasteiger partial charge in [-0.2, -0.15) is 0 Å². The Kier molecular flexibility index (Phi) is 5.77. The van der Waals surface area contributed by atoms with Crippen LogP contribution in [0.3, 0.4) is 0 Å². The van der Waals surface area contributed by atoms with Crippen LogP contribution in [0.4, 0.5) is 4.39 Å². The highest BCUT2D eigenvalue weighted by Gasteiger charge is 2.48. The summed E-state index contributed by atoms with van der Waals surface area (Å²) in [6.45, 7) is 4.54. The molecule has 1 aliphatic carbocycles. The van der Waals surface area contributed by atoms with Gasteiger partial charge >= 0.3 is 0 Å². The molecule has 0 saturated heterocycles. The molecule has 2 amide bonds. The van der Waals surface area contributed by atoms with Crippen LogP contribution in [0.15, 0.2) is 36.4 Å². The van der Waals surface area contributed by atoms with E-state index in [9.17, 15) is 14.0 Å². The normalized spacial score (nSPS) is 21.4. The van der Waals surface area contributed by atoms with Gasteiger partial charge in [0.2, 0.25) is 5.91 Å². The number of carbonyl (C=O) groups is 2. The SMILES string of the molecule is CCc1cc2c(cc3n2CC(C)(C(=O)NC2CCCCC2)N(Cc2cccc(F)c2)C3=O)s1. The summed E-state index contributed by atoms with van der Waals surface area (Å²) in [6.07, 6.45) is 6.33. The molecule has 1 unspecified atom stereocenters. The zero-order valence-electron chi connectivity index (χ0n) is 19.2. The predicted octanol–water partition coefficient (Wildman–Crippen LogP) is 5.27. The van der Waals surface area contributed by atoms with Crippen LogP contribution in [-0.4, -0.2) is 32.9 Å². The minimum Gasteiger partial charge on any atom is -0.351 e. The maximum Gasteiger partial charge on any atom is 0.271 e. The minimum absolute atomic E-state index is 0.127. The summed E-state index contributed by atoms with van der Waals surface area (Å²) in [5.74, 6) is -0.660. The van der Waals surface area contributed by atoms with Crippen LogP contribution in [-0.2, 0) is 24.3 Å². The standard InChI is InChI=1S/C26H30FN3O2S/c1-3-20-13-21-23(33-20)14-22-24(31)30(15-17-8-7-9-18(27)12-17)26(2,16-29(21)22)25(32)28-19-10-5-4-6-11-19/h7-9,12-14,19H,3-6,10-11,15-16H2,1-2H3,(H,28,32). The van der Waals surface area contributed by atoms with E-state index in [0.717, 1.165) is 42.3 Å². The molecule has 5 nitrogen and oxygen atoms in total. The van der Waals surface area contributed by atoms with E-state index < -0.39 is 5.54 Å². The number of rotatable bonds is 5. The van der Waals surface area contributed by atoms with Crippen LogP contribution in [0.2, 0.25) is 0 Å². The lowest BCUT2D eigenvalue weighted by atomic mass is 9.91. The number of nitrogens with zero attached hydrogens (tertiary/aromatic N) is 2. The van der Waals surface area contributed by atoms with Crippen molar-refractivity contribution >= 4 is 33.4 Å². The number of hydrogen-bond donors (Lipinski definition) is 1. The summed E-state index contributed by atoms with van der Waals surface area (Å²) in [7, 11) is 0. The largest absolute Gasteiger partial charge is 0.351 e. The molecular formula is C26H30FN3O2S. The fourth-order valence-electron chi connectivity index (χ4n) is 5.22. The van der Waals surface area contributed by atoms with Crippen molar-refractivity contribution in [3.8, 4) is 0 Å². The topological polar surface area (TPSA) is 54.3 Å². The van der Waals surface area contributed by atoms with Gasteiger partial charge < -0.3 is 14.8 Å². The fourth-order valence-corrected chi connectivity index (χ4v) is 6.26. The number of amides is 2. The van der Waals surface area contributed by atoms with Crippen molar-refractivity contribution in [1.29, 1.82) is 0 Å². The maximum atomic E-state index is 13.9. The van der Waals surface area contributed by atoms with Crippen molar-refractivity contribution < 1.29 is 14.0 Å². The van der Waals surface area contributed by atoms with E-state index in [0.29, 0.717) is 17.8 Å². The number of benzene rings is 1. The molecule has 3 aromatic rings. The van der Waals surface area contributed by atoms with Crippen molar-refractivity contribution in [2.24, 2.45) is 0 Å². The number of halogens is 1. The molecular weight excluding hydrogens is 437 g/mol. The van der Waals surface area contributed by atoms with Gasteiger partial charge in [-0.05, 0) is 56.0 Å². The lowest BCUT2D eigenvalue weighted by Crippen LogP contribution is -2.64. The highest BCUT2D eigenvalue weighted by molar-refractivity contribution is 7.19. The van der Waals surface area contributed by atoms with Crippen molar-refractivity contribution in [3.05, 3.63) is 58.3 Å². The molecule has 0 bridgehead atoms. The van der Waals surface area contributed by atoms with Crippen molar-refractivity contribution in [2.45, 2.75) is 77.0 Å². The number of nitrogens with one attached hydrogen (secondary N) is 1. The Morgan fingerprint density at radius 3 is 2.73 bits per heavy atom. The Morgan fingerprint density at radius 1 is 1.21 bits per heavy atom. The molecule has 1 aromatic carbocycles. The Balaban J connectivity index is 1.54. The smallest absolute Gasteiger partial charge is 0.271 e. The Hall–Kier alpha value is -2.67. The van der Waals surface area contributed by atoms with E-state index in [1.165, 1.54) is 23.4 Å². The van der Waals surface area contributed by atoms with Gasteiger partial charge in [0.15, 0.2) is 0 Å². The van der Waals surface area contributed by atoms with E-state index in [1.807, 2.05) is 17.6 Å². The van der Waals surface area contributed by atoms with Crippen molar-refractivity contribution in [1.82, 2.24) is 14.8 Å². The van der Waals surface area contributed by atoms with Crippen LogP contribution >= 0.6 is 11.3 Å². The molecule has 3 heterocycles. The average molecular weight is 468 g/mol. The molecule has 1 fully saturated rings. The molecule has 174 valence electrons. The van der Waals surface area contributed by atoms with Crippen LogP contribution in [0, 0.1) is 5.82 Å². The molecule has 0 spiro atoms. The second kappa shape index (κ2) is 8.60. The highest BCUT2D eigenvalue weighted by atomic mass is 32.1. The Labute approximate surface area is 197 Å². The fraction of sp³-hybridized carbons (Fsp3) is 0.462. The molecule has 2 aliphatic rings. The van der Waals surface area contributed by atoms with Crippen LogP contribution in [0.25, 0.3) is 10.2 Å². The van der Waals surface area contributed by atoms with E-state index in [-0.39, 0.29) is 30.2 Å². The van der Waals surface area contributed by atoms with Crippen LogP contribution in [0.5, 0.6) is 0 Å². The van der Waals surface area contributed by atoms with E-state index in [4.69, 9.17) is 0 Å². The molecule has 33 heavy (non-hydrogen) atoms. The first-order valence-electron chi connectivity index (χ1n) is 11.9. The summed E-state index contributed by atoms with van der Waals surface area (Å²) < 4.78 is 17.0. The summed E-state index contributed by atoms with van der Waals surface area (Å²) in [5, 5.41) is 3.25. The second-order valence-corrected chi connectivity index (χ2v) is 10.7. The van der Waals surface area contributed by atoms with Gasteiger partial charge in [0.1, 0.15) is 17.1 Å². The predicted molar refractivity (Wildman–Crippen MR) is 129 cm³/mol. The van der Waals surface area contributed by atoms with Crippen LogP contribution < -0.4 is 5.32 Å². The third-order valence-electron chi connectivity index (χ3n) is 7.17. The molecule has 5 rings (SSSR count). The monoisotopic (exact) mass is 467 g/mol. The Morgan fingerprint density at radius 2 is 2.00 bits per heavy atom. The lowest BCUT2D eigenvalue weighted by Gasteiger charge is -2.45. The van der Waals surface area contributed by atoms with Gasteiger partial charge in [-0.3, -0.25) is 9.59 Å². The Bertz CT molecular complexity index is 1210. The summed E-state index contributed by atoms with van der Waals surface area (Å²) >= 11 is 1.70. The molecule has 2 aromatic heterocycles. The third kappa shape index (κ3) is 3.97. The van der Waals surface area contributed by atoms with Gasteiger partial charge in [-0.15, -0.1) is 11.3 Å². The third-order valence-corrected chi connectivity index (χ3v) is 8.39. The zero-order chi connectivity index (χ0) is 23.2. The van der Waals surface area contributed by atoms with Crippen LogP contribution in [0.1, 0.15) is 66.9 Å². The molecule has 0 radical (unpaired) electrons. The molecule has 1 saturated carbocycles. The molecule has 7 heteroatoms. The highest BCUT2D eigenvalue weighted by Crippen LogP contribution is 2.37. The number of aromatic nitrogens is 1. The zero-order valence-corrected chi connectivity index (χ0v) is 20.0. The first kappa shape index (κ1) is 22.1. The first-order chi connectivity index (χ1) is 15.9. The maximum absolute atomic E-state index is 13.9. The van der Waals surface area contributed by atoms with Gasteiger partial charge in [0.25, 0.3) is 5.91 Å². The lowest BCUT2D eigenvalue weighted by molar-refractivity contribution is -0.134. The molecule has 1 N–H and O–H groups in total. The summed E-state index contributed by atoms with van der Waals surface area (Å²) in [4.78, 5) is 30.4. The first-order valence-corrected chi connectivity index (χ1v) is 12.7. The number of carbonyl (C=O) groups excluding carboxylic acids is 2. The van der Waals surface area contributed by atoms with Crippen molar-refractivity contribution in [3.63, 3.8) is 0 Å². The second-order valence-electron chi connectivity index (χ2n) is 9.53. The average Bonchev–Trinajstić information content (AvgIpc) is 3.36. The summed E-state index contributed by atoms with van der Waals surface area (Å²) in [5.41, 5.74) is 1.21. The number of thiophene rings is 1. The summed E-state index contributed by atoms with van der Waals surface area (Å²) in [6, 6.07) is 10.5. The quantitative estimate of drug-likeness (QED) is 0.556. The molecule has 1 aliphatic heterocycles. The van der Waals surface area contributed by atoms with Gasteiger partial charge in [-0.1, -0.05) is 38.3 Å². The minimum atomic E-state index is -1.08.